The smallest absolute Gasteiger partial charge is 0.255 e. The molecule has 0 spiro atoms. The van der Waals surface area contributed by atoms with E-state index in [1.54, 1.807) is 24.4 Å². The number of pyridine rings is 1. The lowest BCUT2D eigenvalue weighted by atomic mass is 10.0. The van der Waals surface area contributed by atoms with E-state index >= 15 is 0 Å². The molecule has 0 radical (unpaired) electrons. The first-order valence-electron chi connectivity index (χ1n) is 8.80. The maximum Gasteiger partial charge on any atom is 0.255 e. The number of nitriles is 1. The van der Waals surface area contributed by atoms with Crippen LogP contribution in [0.4, 0.5) is 0 Å². The van der Waals surface area contributed by atoms with Crippen LogP contribution in [0.5, 0.6) is 5.75 Å². The number of nitrogens with zero attached hydrogens (tertiary/aromatic N) is 3. The van der Waals surface area contributed by atoms with Gasteiger partial charge in [0.05, 0.1) is 11.9 Å². The summed E-state index contributed by atoms with van der Waals surface area (Å²) in [6.45, 7) is 0.274. The summed E-state index contributed by atoms with van der Waals surface area (Å²) in [5, 5.41) is 10.8. The SMILES string of the molecule is N#CCOc1ccc(-c2ccc3c(c2)CN(C2CCC(=O)NC2=O)C3=O)nc1. The second-order valence-corrected chi connectivity index (χ2v) is 6.60. The molecule has 2 aliphatic rings. The van der Waals surface area contributed by atoms with Crippen molar-refractivity contribution in [3.63, 3.8) is 0 Å². The van der Waals surface area contributed by atoms with Gasteiger partial charge in [0.15, 0.2) is 6.61 Å². The van der Waals surface area contributed by atoms with E-state index in [9.17, 15) is 14.4 Å². The minimum absolute atomic E-state index is 0.0435. The van der Waals surface area contributed by atoms with Gasteiger partial charge in [-0.3, -0.25) is 24.7 Å². The summed E-state index contributed by atoms with van der Waals surface area (Å²) in [6, 6.07) is 10.2. The van der Waals surface area contributed by atoms with Gasteiger partial charge in [0, 0.05) is 24.1 Å². The Morgan fingerprint density at radius 3 is 2.82 bits per heavy atom. The van der Waals surface area contributed by atoms with Crippen LogP contribution in [-0.4, -0.2) is 40.3 Å². The number of ether oxygens (including phenoxy) is 1. The van der Waals surface area contributed by atoms with Crippen molar-refractivity contribution in [1.29, 1.82) is 5.26 Å². The highest BCUT2D eigenvalue weighted by Gasteiger charge is 2.39. The quantitative estimate of drug-likeness (QED) is 0.808. The Morgan fingerprint density at radius 1 is 1.25 bits per heavy atom. The second kappa shape index (κ2) is 7.12. The average molecular weight is 376 g/mol. The number of rotatable bonds is 4. The zero-order valence-corrected chi connectivity index (χ0v) is 14.8. The highest BCUT2D eigenvalue weighted by atomic mass is 16.5. The fraction of sp³-hybridized carbons (Fsp3) is 0.250. The van der Waals surface area contributed by atoms with Crippen LogP contribution >= 0.6 is 0 Å². The molecule has 3 amide bonds. The Labute approximate surface area is 160 Å². The highest BCUT2D eigenvalue weighted by Crippen LogP contribution is 2.31. The number of hydrogen-bond acceptors (Lipinski definition) is 6. The third kappa shape index (κ3) is 3.18. The molecule has 1 N–H and O–H groups in total. The van der Waals surface area contributed by atoms with Crippen molar-refractivity contribution in [2.45, 2.75) is 25.4 Å². The van der Waals surface area contributed by atoms with E-state index < -0.39 is 11.9 Å². The van der Waals surface area contributed by atoms with Gasteiger partial charge in [-0.2, -0.15) is 5.26 Å². The molecule has 1 atom stereocenters. The van der Waals surface area contributed by atoms with Gasteiger partial charge in [-0.1, -0.05) is 6.07 Å². The molecular weight excluding hydrogens is 360 g/mol. The van der Waals surface area contributed by atoms with Crippen molar-refractivity contribution in [3.05, 3.63) is 47.7 Å². The van der Waals surface area contributed by atoms with Crippen LogP contribution in [0.2, 0.25) is 0 Å². The number of fused-ring (bicyclic) bond motifs is 1. The zero-order valence-electron chi connectivity index (χ0n) is 14.8. The van der Waals surface area contributed by atoms with Gasteiger partial charge >= 0.3 is 0 Å². The lowest BCUT2D eigenvalue weighted by Crippen LogP contribution is -2.52. The predicted octanol–water partition coefficient (Wildman–Crippen LogP) is 1.41. The van der Waals surface area contributed by atoms with Crippen LogP contribution in [0.25, 0.3) is 11.3 Å². The molecule has 0 saturated carbocycles. The molecule has 1 fully saturated rings. The van der Waals surface area contributed by atoms with E-state index in [-0.39, 0.29) is 24.8 Å². The molecule has 8 nitrogen and oxygen atoms in total. The Hall–Kier alpha value is -3.73. The van der Waals surface area contributed by atoms with Gasteiger partial charge in [-0.25, -0.2) is 0 Å². The Morgan fingerprint density at radius 2 is 2.11 bits per heavy atom. The monoisotopic (exact) mass is 376 g/mol. The second-order valence-electron chi connectivity index (χ2n) is 6.60. The lowest BCUT2D eigenvalue weighted by molar-refractivity contribution is -0.136. The van der Waals surface area contributed by atoms with E-state index in [0.717, 1.165) is 11.1 Å². The number of benzene rings is 1. The fourth-order valence-corrected chi connectivity index (χ4v) is 3.49. The third-order valence-corrected chi connectivity index (χ3v) is 4.86. The molecule has 2 aliphatic heterocycles. The number of amides is 3. The van der Waals surface area contributed by atoms with Crippen LogP contribution in [0, 0.1) is 11.3 Å². The van der Waals surface area contributed by atoms with Gasteiger partial charge in [0.2, 0.25) is 11.8 Å². The van der Waals surface area contributed by atoms with E-state index in [4.69, 9.17) is 10.00 Å². The molecule has 8 heteroatoms. The minimum Gasteiger partial charge on any atom is -0.477 e. The molecule has 1 saturated heterocycles. The number of piperidine rings is 1. The summed E-state index contributed by atoms with van der Waals surface area (Å²) in [5.41, 5.74) is 2.92. The van der Waals surface area contributed by atoms with Gasteiger partial charge < -0.3 is 9.64 Å². The maximum atomic E-state index is 12.7. The number of imide groups is 1. The van der Waals surface area contributed by atoms with Gasteiger partial charge in [-0.05, 0) is 36.2 Å². The van der Waals surface area contributed by atoms with Crippen LogP contribution < -0.4 is 10.1 Å². The summed E-state index contributed by atoms with van der Waals surface area (Å²) >= 11 is 0. The largest absolute Gasteiger partial charge is 0.477 e. The van der Waals surface area contributed by atoms with Crippen LogP contribution in [-0.2, 0) is 16.1 Å². The predicted molar refractivity (Wildman–Crippen MR) is 96.8 cm³/mol. The summed E-state index contributed by atoms with van der Waals surface area (Å²) in [4.78, 5) is 42.0. The molecule has 140 valence electrons. The number of nitrogens with one attached hydrogen (secondary N) is 1. The van der Waals surface area contributed by atoms with E-state index in [1.807, 2.05) is 18.2 Å². The zero-order chi connectivity index (χ0) is 19.7. The van der Waals surface area contributed by atoms with Crippen molar-refractivity contribution >= 4 is 17.7 Å². The molecule has 4 rings (SSSR count). The topological polar surface area (TPSA) is 112 Å². The number of aromatic nitrogens is 1. The first-order valence-corrected chi connectivity index (χ1v) is 8.80. The van der Waals surface area contributed by atoms with Gasteiger partial charge in [0.1, 0.15) is 17.9 Å². The first kappa shape index (κ1) is 17.7. The molecule has 2 aromatic rings. The maximum absolute atomic E-state index is 12.7. The van der Waals surface area contributed by atoms with Crippen molar-refractivity contribution in [1.82, 2.24) is 15.2 Å². The normalized spacial score (nSPS) is 18.5. The summed E-state index contributed by atoms with van der Waals surface area (Å²) in [7, 11) is 0. The Bertz CT molecular complexity index is 1010. The highest BCUT2D eigenvalue weighted by molar-refractivity contribution is 6.05. The molecular formula is C20H16N4O4. The first-order chi connectivity index (χ1) is 13.6. The number of carbonyl (C=O) groups excluding carboxylic acids is 3. The van der Waals surface area contributed by atoms with Crippen LogP contribution in [0.3, 0.4) is 0 Å². The molecule has 1 unspecified atom stereocenters. The van der Waals surface area contributed by atoms with Crippen molar-refractivity contribution in [2.75, 3.05) is 6.61 Å². The fourth-order valence-electron chi connectivity index (χ4n) is 3.49. The van der Waals surface area contributed by atoms with Gasteiger partial charge in [-0.15, -0.1) is 0 Å². The van der Waals surface area contributed by atoms with Gasteiger partial charge in [0.25, 0.3) is 5.91 Å². The number of hydrogen-bond donors (Lipinski definition) is 1. The van der Waals surface area contributed by atoms with Crippen LogP contribution in [0.15, 0.2) is 36.5 Å². The van der Waals surface area contributed by atoms with Crippen LogP contribution in [0.1, 0.15) is 28.8 Å². The summed E-state index contributed by atoms with van der Waals surface area (Å²) < 4.78 is 5.20. The summed E-state index contributed by atoms with van der Waals surface area (Å²) in [6.07, 6.45) is 2.11. The molecule has 1 aromatic heterocycles. The molecule has 0 bridgehead atoms. The minimum atomic E-state index is -0.629. The Balaban J connectivity index is 1.55. The van der Waals surface area contributed by atoms with Crippen molar-refractivity contribution in [3.8, 4) is 23.1 Å². The molecule has 0 aliphatic carbocycles. The Kier molecular flexibility index (Phi) is 4.49. The molecule has 28 heavy (non-hydrogen) atoms. The summed E-state index contributed by atoms with van der Waals surface area (Å²) in [5.74, 6) is -0.428. The van der Waals surface area contributed by atoms with E-state index in [0.29, 0.717) is 30.0 Å². The van der Waals surface area contributed by atoms with Crippen molar-refractivity contribution in [2.24, 2.45) is 0 Å². The standard InChI is InChI=1S/C20H16N4O4/c21-7-8-28-14-2-4-16(22-10-14)12-1-3-15-13(9-12)11-24(20(15)27)17-5-6-18(25)23-19(17)26/h1-4,9-10,17H,5-6,8,11H2,(H,23,25,26). The van der Waals surface area contributed by atoms with Crippen molar-refractivity contribution < 1.29 is 19.1 Å². The van der Waals surface area contributed by atoms with E-state index in [1.165, 1.54) is 4.90 Å². The third-order valence-electron chi connectivity index (χ3n) is 4.86. The number of carbonyl (C=O) groups is 3. The lowest BCUT2D eigenvalue weighted by Gasteiger charge is -2.29. The molecule has 1 aromatic carbocycles. The average Bonchev–Trinajstić information content (AvgIpc) is 3.02. The molecule has 3 heterocycles. The van der Waals surface area contributed by atoms with E-state index in [2.05, 4.69) is 10.3 Å².